The van der Waals surface area contributed by atoms with Crippen LogP contribution < -0.4 is 4.72 Å². The highest BCUT2D eigenvalue weighted by Crippen LogP contribution is 2.05. The van der Waals surface area contributed by atoms with E-state index in [1.807, 2.05) is 13.8 Å². The van der Waals surface area contributed by atoms with Crippen molar-refractivity contribution in [3.63, 3.8) is 0 Å². The maximum absolute atomic E-state index is 11.3. The van der Waals surface area contributed by atoms with E-state index in [1.165, 1.54) is 0 Å². The molecule has 1 heterocycles. The Hall–Kier alpha value is -0.880. The minimum atomic E-state index is -3.06. The van der Waals surface area contributed by atoms with Gasteiger partial charge in [-0.3, -0.25) is 5.10 Å². The molecule has 0 amide bonds. The topological polar surface area (TPSA) is 74.8 Å². The van der Waals surface area contributed by atoms with Gasteiger partial charge in [-0.1, -0.05) is 6.92 Å². The van der Waals surface area contributed by atoms with Crippen molar-refractivity contribution in [1.29, 1.82) is 0 Å². The van der Waals surface area contributed by atoms with Crippen LogP contribution in [0.25, 0.3) is 0 Å². The van der Waals surface area contributed by atoms with Crippen molar-refractivity contribution in [2.24, 2.45) is 0 Å². The smallest absolute Gasteiger partial charge is 0.211 e. The molecule has 0 aliphatic rings. The number of nitrogens with one attached hydrogen (secondary N) is 2. The lowest BCUT2D eigenvalue weighted by Crippen LogP contribution is -2.27. The summed E-state index contributed by atoms with van der Waals surface area (Å²) >= 11 is 0. The van der Waals surface area contributed by atoms with Gasteiger partial charge in [-0.05, 0) is 31.7 Å². The molecular formula is C10H19N3O2S. The lowest BCUT2D eigenvalue weighted by molar-refractivity contribution is 0.577. The van der Waals surface area contributed by atoms with Gasteiger partial charge < -0.3 is 0 Å². The predicted octanol–water partition coefficient (Wildman–Crippen LogP) is 0.980. The van der Waals surface area contributed by atoms with Gasteiger partial charge in [0, 0.05) is 12.2 Å². The molecule has 0 aliphatic carbocycles. The van der Waals surface area contributed by atoms with E-state index >= 15 is 0 Å². The first kappa shape index (κ1) is 13.2. The first-order valence-electron chi connectivity index (χ1n) is 5.51. The predicted molar refractivity (Wildman–Crippen MR) is 63.7 cm³/mol. The SMILES string of the molecule is CCCS(=O)(=O)NCCCc1cn[nH]c1C. The second-order valence-electron chi connectivity index (χ2n) is 3.84. The van der Waals surface area contributed by atoms with Crippen LogP contribution in [0.15, 0.2) is 6.20 Å². The van der Waals surface area contributed by atoms with Crippen LogP contribution in [-0.2, 0) is 16.4 Å². The molecule has 0 saturated heterocycles. The zero-order valence-corrected chi connectivity index (χ0v) is 10.6. The Kier molecular flexibility index (Phi) is 4.95. The van der Waals surface area contributed by atoms with Crippen molar-refractivity contribution >= 4 is 10.0 Å². The Morgan fingerprint density at radius 2 is 2.25 bits per heavy atom. The summed E-state index contributed by atoms with van der Waals surface area (Å²) < 4.78 is 25.2. The van der Waals surface area contributed by atoms with Gasteiger partial charge in [-0.15, -0.1) is 0 Å². The molecule has 16 heavy (non-hydrogen) atoms. The van der Waals surface area contributed by atoms with Gasteiger partial charge in [0.25, 0.3) is 0 Å². The summed E-state index contributed by atoms with van der Waals surface area (Å²) in [6.07, 6.45) is 4.08. The average molecular weight is 245 g/mol. The Morgan fingerprint density at radius 1 is 1.50 bits per heavy atom. The molecule has 5 nitrogen and oxygen atoms in total. The molecule has 0 atom stereocenters. The molecule has 1 aromatic heterocycles. The summed E-state index contributed by atoms with van der Waals surface area (Å²) in [7, 11) is -3.06. The molecule has 0 spiro atoms. The third-order valence-electron chi connectivity index (χ3n) is 2.35. The van der Waals surface area contributed by atoms with Crippen LogP contribution in [0.1, 0.15) is 31.0 Å². The Bertz CT molecular complexity index is 411. The van der Waals surface area contributed by atoms with Gasteiger partial charge in [-0.2, -0.15) is 5.10 Å². The third kappa shape index (κ3) is 4.32. The number of H-pyrrole nitrogens is 1. The molecule has 2 N–H and O–H groups in total. The van der Waals surface area contributed by atoms with Crippen molar-refractivity contribution in [3.8, 4) is 0 Å². The van der Waals surface area contributed by atoms with Crippen molar-refractivity contribution in [3.05, 3.63) is 17.5 Å². The van der Waals surface area contributed by atoms with Crippen LogP contribution in [0.2, 0.25) is 0 Å². The summed E-state index contributed by atoms with van der Waals surface area (Å²) in [5.41, 5.74) is 2.20. The largest absolute Gasteiger partial charge is 0.283 e. The zero-order chi connectivity index (χ0) is 12.0. The number of aryl methyl sites for hydroxylation is 2. The minimum absolute atomic E-state index is 0.206. The van der Waals surface area contributed by atoms with Crippen LogP contribution in [0, 0.1) is 6.92 Å². The number of aromatic nitrogens is 2. The van der Waals surface area contributed by atoms with E-state index in [0.717, 1.165) is 24.1 Å². The normalized spacial score (nSPS) is 11.9. The molecule has 0 aromatic carbocycles. The summed E-state index contributed by atoms with van der Waals surface area (Å²) in [4.78, 5) is 0. The molecule has 0 radical (unpaired) electrons. The highest BCUT2D eigenvalue weighted by molar-refractivity contribution is 7.89. The van der Waals surface area contributed by atoms with Gasteiger partial charge in [0.05, 0.1) is 11.9 Å². The quantitative estimate of drug-likeness (QED) is 0.703. The van der Waals surface area contributed by atoms with Crippen LogP contribution in [0.5, 0.6) is 0 Å². The van der Waals surface area contributed by atoms with E-state index in [0.29, 0.717) is 13.0 Å². The number of sulfonamides is 1. The van der Waals surface area contributed by atoms with Crippen molar-refractivity contribution < 1.29 is 8.42 Å². The highest BCUT2D eigenvalue weighted by atomic mass is 32.2. The lowest BCUT2D eigenvalue weighted by Gasteiger charge is -2.04. The molecular weight excluding hydrogens is 226 g/mol. The maximum Gasteiger partial charge on any atom is 0.211 e. The van der Waals surface area contributed by atoms with Gasteiger partial charge in [-0.25, -0.2) is 13.1 Å². The molecule has 1 rings (SSSR count). The van der Waals surface area contributed by atoms with Crippen LogP contribution >= 0.6 is 0 Å². The number of rotatable bonds is 7. The Morgan fingerprint density at radius 3 is 2.81 bits per heavy atom. The standard InChI is InChI=1S/C10H19N3O2S/c1-3-7-16(14,15)12-6-4-5-10-8-11-13-9(10)2/h8,12H,3-7H2,1-2H3,(H,11,13). The molecule has 0 fully saturated rings. The van der Waals surface area contributed by atoms with E-state index in [2.05, 4.69) is 14.9 Å². The highest BCUT2D eigenvalue weighted by Gasteiger charge is 2.07. The van der Waals surface area contributed by atoms with E-state index in [4.69, 9.17) is 0 Å². The Balaban J connectivity index is 2.25. The molecule has 0 saturated carbocycles. The fourth-order valence-corrected chi connectivity index (χ4v) is 2.61. The molecule has 0 aliphatic heterocycles. The van der Waals surface area contributed by atoms with Gasteiger partial charge in [0.1, 0.15) is 0 Å². The van der Waals surface area contributed by atoms with Crippen molar-refractivity contribution in [2.45, 2.75) is 33.1 Å². The molecule has 1 aromatic rings. The van der Waals surface area contributed by atoms with Crippen LogP contribution in [0.3, 0.4) is 0 Å². The second kappa shape index (κ2) is 6.00. The van der Waals surface area contributed by atoms with E-state index in [9.17, 15) is 8.42 Å². The van der Waals surface area contributed by atoms with E-state index in [1.54, 1.807) is 6.20 Å². The first-order chi connectivity index (χ1) is 7.55. The molecule has 0 bridgehead atoms. The van der Waals surface area contributed by atoms with Gasteiger partial charge >= 0.3 is 0 Å². The van der Waals surface area contributed by atoms with Crippen LogP contribution in [0.4, 0.5) is 0 Å². The van der Waals surface area contributed by atoms with Crippen molar-refractivity contribution in [1.82, 2.24) is 14.9 Å². The summed E-state index contributed by atoms with van der Waals surface area (Å²) in [5.74, 6) is 0.206. The zero-order valence-electron chi connectivity index (χ0n) is 9.78. The molecule has 92 valence electrons. The lowest BCUT2D eigenvalue weighted by atomic mass is 10.1. The fraction of sp³-hybridized carbons (Fsp3) is 0.700. The van der Waals surface area contributed by atoms with Gasteiger partial charge in [0.15, 0.2) is 0 Å². The average Bonchev–Trinajstić information content (AvgIpc) is 2.59. The maximum atomic E-state index is 11.3. The second-order valence-corrected chi connectivity index (χ2v) is 5.76. The number of aromatic amines is 1. The van der Waals surface area contributed by atoms with Crippen LogP contribution in [-0.4, -0.2) is 30.9 Å². The summed E-state index contributed by atoms with van der Waals surface area (Å²) in [6.45, 7) is 4.31. The van der Waals surface area contributed by atoms with E-state index in [-0.39, 0.29) is 5.75 Å². The summed E-state index contributed by atoms with van der Waals surface area (Å²) in [6, 6.07) is 0. The van der Waals surface area contributed by atoms with Crippen molar-refractivity contribution in [2.75, 3.05) is 12.3 Å². The Labute approximate surface area is 96.7 Å². The first-order valence-corrected chi connectivity index (χ1v) is 7.16. The van der Waals surface area contributed by atoms with Gasteiger partial charge in [0.2, 0.25) is 10.0 Å². The monoisotopic (exact) mass is 245 g/mol. The number of hydrogen-bond acceptors (Lipinski definition) is 3. The molecule has 6 heteroatoms. The fourth-order valence-electron chi connectivity index (χ4n) is 1.48. The number of nitrogens with zero attached hydrogens (tertiary/aromatic N) is 1. The minimum Gasteiger partial charge on any atom is -0.283 e. The molecule has 0 unspecified atom stereocenters. The number of hydrogen-bond donors (Lipinski definition) is 2. The summed E-state index contributed by atoms with van der Waals surface area (Å²) in [5, 5.41) is 6.77. The van der Waals surface area contributed by atoms with E-state index < -0.39 is 10.0 Å². The third-order valence-corrected chi connectivity index (χ3v) is 3.94.